The molecule has 4 heteroatoms. The Morgan fingerprint density at radius 1 is 1.41 bits per heavy atom. The van der Waals surface area contributed by atoms with Crippen LogP contribution in [0.25, 0.3) is 0 Å². The largest absolute Gasteiger partial charge is 0.469 e. The molecule has 0 saturated heterocycles. The van der Waals surface area contributed by atoms with Gasteiger partial charge >= 0.3 is 0 Å². The normalized spacial score (nSPS) is 12.7. The Bertz CT molecular complexity index is 524. The molecular formula is C13H13BrClNO. The first-order valence-electron chi connectivity index (χ1n) is 5.31. The zero-order valence-electron chi connectivity index (χ0n) is 9.41. The second-order valence-corrected chi connectivity index (χ2v) is 5.36. The van der Waals surface area contributed by atoms with Crippen LogP contribution < -0.4 is 5.73 Å². The minimum absolute atomic E-state index is 0.0916. The standard InChI is InChI=1S/C13H13BrClNO/c1-8-4-10(7-17-8)13(16)5-9-2-3-11(14)6-12(9)15/h2-4,6-7,13H,5,16H2,1H3. The molecule has 90 valence electrons. The predicted octanol–water partition coefficient (Wildman–Crippen LogP) is 4.25. The molecule has 0 aliphatic heterocycles. The molecule has 2 rings (SSSR count). The van der Waals surface area contributed by atoms with Crippen LogP contribution in [0.4, 0.5) is 0 Å². The Morgan fingerprint density at radius 2 is 2.18 bits per heavy atom. The molecule has 0 radical (unpaired) electrons. The van der Waals surface area contributed by atoms with E-state index in [9.17, 15) is 0 Å². The molecule has 2 N–H and O–H groups in total. The molecule has 1 aromatic carbocycles. The monoisotopic (exact) mass is 313 g/mol. The quantitative estimate of drug-likeness (QED) is 0.920. The van der Waals surface area contributed by atoms with Gasteiger partial charge in [0, 0.05) is 21.1 Å². The van der Waals surface area contributed by atoms with Crippen molar-refractivity contribution in [2.24, 2.45) is 5.73 Å². The summed E-state index contributed by atoms with van der Waals surface area (Å²) in [4.78, 5) is 0. The minimum atomic E-state index is -0.0916. The third-order valence-corrected chi connectivity index (χ3v) is 3.48. The number of hydrogen-bond donors (Lipinski definition) is 1. The molecule has 1 atom stereocenters. The number of halogens is 2. The summed E-state index contributed by atoms with van der Waals surface area (Å²) in [5.74, 6) is 0.873. The molecule has 1 heterocycles. The third kappa shape index (κ3) is 3.12. The second-order valence-electron chi connectivity index (χ2n) is 4.04. The van der Waals surface area contributed by atoms with Crippen LogP contribution >= 0.6 is 27.5 Å². The Hall–Kier alpha value is -0.770. The maximum atomic E-state index is 6.16. The van der Waals surface area contributed by atoms with E-state index in [4.69, 9.17) is 21.8 Å². The Balaban J connectivity index is 2.15. The van der Waals surface area contributed by atoms with Crippen LogP contribution in [0.1, 0.15) is 22.9 Å². The predicted molar refractivity (Wildman–Crippen MR) is 73.2 cm³/mol. The van der Waals surface area contributed by atoms with Gasteiger partial charge in [0.05, 0.1) is 6.26 Å². The molecule has 17 heavy (non-hydrogen) atoms. The highest BCUT2D eigenvalue weighted by molar-refractivity contribution is 9.10. The minimum Gasteiger partial charge on any atom is -0.469 e. The van der Waals surface area contributed by atoms with Crippen molar-refractivity contribution in [1.29, 1.82) is 0 Å². The highest BCUT2D eigenvalue weighted by atomic mass is 79.9. The van der Waals surface area contributed by atoms with Crippen LogP contribution in [-0.2, 0) is 6.42 Å². The molecule has 2 aromatic rings. The van der Waals surface area contributed by atoms with Crippen LogP contribution in [0.2, 0.25) is 5.02 Å². The fourth-order valence-electron chi connectivity index (χ4n) is 1.70. The molecule has 1 unspecified atom stereocenters. The van der Waals surface area contributed by atoms with Gasteiger partial charge in [-0.1, -0.05) is 33.6 Å². The van der Waals surface area contributed by atoms with Gasteiger partial charge in [-0.3, -0.25) is 0 Å². The van der Waals surface area contributed by atoms with Gasteiger partial charge in [-0.05, 0) is 37.1 Å². The number of aryl methyl sites for hydroxylation is 1. The highest BCUT2D eigenvalue weighted by Gasteiger charge is 2.11. The topological polar surface area (TPSA) is 39.2 Å². The zero-order valence-corrected chi connectivity index (χ0v) is 11.8. The molecule has 0 spiro atoms. The molecular weight excluding hydrogens is 302 g/mol. The zero-order chi connectivity index (χ0) is 12.4. The fourth-order valence-corrected chi connectivity index (χ4v) is 2.45. The van der Waals surface area contributed by atoms with E-state index in [2.05, 4.69) is 15.9 Å². The first-order chi connectivity index (χ1) is 8.06. The molecule has 0 bridgehead atoms. The third-order valence-electron chi connectivity index (χ3n) is 2.63. The summed E-state index contributed by atoms with van der Waals surface area (Å²) >= 11 is 9.54. The maximum absolute atomic E-state index is 6.16. The van der Waals surface area contributed by atoms with Crippen LogP contribution in [0, 0.1) is 6.92 Å². The van der Waals surface area contributed by atoms with Crippen molar-refractivity contribution in [1.82, 2.24) is 0 Å². The van der Waals surface area contributed by atoms with Crippen molar-refractivity contribution < 1.29 is 4.42 Å². The van der Waals surface area contributed by atoms with Gasteiger partial charge in [0.25, 0.3) is 0 Å². The van der Waals surface area contributed by atoms with Crippen LogP contribution in [-0.4, -0.2) is 0 Å². The molecule has 0 amide bonds. The summed E-state index contributed by atoms with van der Waals surface area (Å²) in [7, 11) is 0. The number of hydrogen-bond acceptors (Lipinski definition) is 2. The number of furan rings is 1. The SMILES string of the molecule is Cc1cc(C(N)Cc2ccc(Br)cc2Cl)co1. The van der Waals surface area contributed by atoms with E-state index < -0.39 is 0 Å². The average Bonchev–Trinajstić information content (AvgIpc) is 2.69. The van der Waals surface area contributed by atoms with Crippen LogP contribution in [0.15, 0.2) is 39.4 Å². The Morgan fingerprint density at radius 3 is 2.76 bits per heavy atom. The number of nitrogens with two attached hydrogens (primary N) is 1. The summed E-state index contributed by atoms with van der Waals surface area (Å²) in [6.45, 7) is 1.91. The van der Waals surface area contributed by atoms with Gasteiger partial charge < -0.3 is 10.2 Å². The molecule has 2 nitrogen and oxygen atoms in total. The van der Waals surface area contributed by atoms with Gasteiger partial charge in [0.15, 0.2) is 0 Å². The lowest BCUT2D eigenvalue weighted by Gasteiger charge is -2.11. The van der Waals surface area contributed by atoms with Crippen molar-refractivity contribution in [3.05, 3.63) is 56.9 Å². The van der Waals surface area contributed by atoms with Crippen molar-refractivity contribution in [2.45, 2.75) is 19.4 Å². The summed E-state index contributed by atoms with van der Waals surface area (Å²) < 4.78 is 6.22. The van der Waals surface area contributed by atoms with E-state index in [1.807, 2.05) is 31.2 Å². The van der Waals surface area contributed by atoms with Gasteiger partial charge in [-0.2, -0.15) is 0 Å². The van der Waals surface area contributed by atoms with Crippen molar-refractivity contribution in [3.63, 3.8) is 0 Å². The first kappa shape index (κ1) is 12.7. The molecule has 0 aliphatic rings. The van der Waals surface area contributed by atoms with E-state index in [0.717, 1.165) is 26.4 Å². The summed E-state index contributed by atoms with van der Waals surface area (Å²) in [6.07, 6.45) is 2.40. The van der Waals surface area contributed by atoms with Crippen LogP contribution in [0.3, 0.4) is 0 Å². The maximum Gasteiger partial charge on any atom is 0.101 e. The lowest BCUT2D eigenvalue weighted by Crippen LogP contribution is -2.12. The van der Waals surface area contributed by atoms with E-state index in [1.165, 1.54) is 0 Å². The van der Waals surface area contributed by atoms with Gasteiger partial charge in [-0.25, -0.2) is 0 Å². The van der Waals surface area contributed by atoms with Crippen molar-refractivity contribution in [2.75, 3.05) is 0 Å². The van der Waals surface area contributed by atoms with Gasteiger partial charge in [0.1, 0.15) is 5.76 Å². The Labute approximate surface area is 114 Å². The fraction of sp³-hybridized carbons (Fsp3) is 0.231. The van der Waals surface area contributed by atoms with E-state index in [0.29, 0.717) is 6.42 Å². The smallest absolute Gasteiger partial charge is 0.101 e. The second kappa shape index (κ2) is 5.25. The van der Waals surface area contributed by atoms with Crippen molar-refractivity contribution >= 4 is 27.5 Å². The van der Waals surface area contributed by atoms with E-state index in [1.54, 1.807) is 6.26 Å². The molecule has 0 aliphatic carbocycles. The van der Waals surface area contributed by atoms with Gasteiger partial charge in [-0.15, -0.1) is 0 Å². The number of benzene rings is 1. The average molecular weight is 315 g/mol. The molecule has 0 fully saturated rings. The highest BCUT2D eigenvalue weighted by Crippen LogP contribution is 2.26. The van der Waals surface area contributed by atoms with E-state index in [-0.39, 0.29) is 6.04 Å². The van der Waals surface area contributed by atoms with E-state index >= 15 is 0 Å². The van der Waals surface area contributed by atoms with Gasteiger partial charge in [0.2, 0.25) is 0 Å². The first-order valence-corrected chi connectivity index (χ1v) is 6.48. The van der Waals surface area contributed by atoms with Crippen LogP contribution in [0.5, 0.6) is 0 Å². The molecule has 1 aromatic heterocycles. The summed E-state index contributed by atoms with van der Waals surface area (Å²) in [6, 6.07) is 7.70. The number of rotatable bonds is 3. The Kier molecular flexibility index (Phi) is 3.92. The lowest BCUT2D eigenvalue weighted by molar-refractivity contribution is 0.528. The van der Waals surface area contributed by atoms with Crippen molar-refractivity contribution in [3.8, 4) is 0 Å². The lowest BCUT2D eigenvalue weighted by atomic mass is 10.0. The molecule has 0 saturated carbocycles. The summed E-state index contributed by atoms with van der Waals surface area (Å²) in [5, 5.41) is 0.732. The summed E-state index contributed by atoms with van der Waals surface area (Å²) in [5.41, 5.74) is 8.16.